The number of hydrogen-bond acceptors (Lipinski definition) is 2. The van der Waals surface area contributed by atoms with Gasteiger partial charge in [-0.15, -0.1) is 11.8 Å². The molecule has 0 aliphatic carbocycles. The van der Waals surface area contributed by atoms with Crippen molar-refractivity contribution in [2.45, 2.75) is 24.7 Å². The predicted octanol–water partition coefficient (Wildman–Crippen LogP) is 3.22. The molecule has 0 saturated carbocycles. The summed E-state index contributed by atoms with van der Waals surface area (Å²) in [6.45, 7) is 2.00. The van der Waals surface area contributed by atoms with Crippen molar-refractivity contribution in [1.29, 1.82) is 0 Å². The van der Waals surface area contributed by atoms with Crippen LogP contribution in [0.15, 0.2) is 23.1 Å². The largest absolute Gasteiger partial charge is 0.481 e. The second-order valence-corrected chi connectivity index (χ2v) is 4.91. The number of rotatable bonds is 4. The third kappa shape index (κ3) is 2.47. The highest BCUT2D eigenvalue weighted by Crippen LogP contribution is 2.27. The van der Waals surface area contributed by atoms with Gasteiger partial charge in [-0.25, -0.2) is 0 Å². The molecule has 4 heteroatoms. The third-order valence-corrected chi connectivity index (χ3v) is 3.64. The van der Waals surface area contributed by atoms with Crippen molar-refractivity contribution in [3.63, 3.8) is 0 Å². The molecular formula is C13H15NO2S. The van der Waals surface area contributed by atoms with Gasteiger partial charge in [0.25, 0.3) is 0 Å². The van der Waals surface area contributed by atoms with E-state index in [0.29, 0.717) is 6.42 Å². The fourth-order valence-corrected chi connectivity index (χ4v) is 2.49. The van der Waals surface area contributed by atoms with Crippen molar-refractivity contribution in [2.24, 2.45) is 0 Å². The van der Waals surface area contributed by atoms with Crippen LogP contribution >= 0.6 is 11.8 Å². The molecule has 0 unspecified atom stereocenters. The molecule has 0 aliphatic heterocycles. The number of aromatic amines is 1. The van der Waals surface area contributed by atoms with Crippen LogP contribution in [-0.2, 0) is 11.2 Å². The first-order valence-corrected chi connectivity index (χ1v) is 6.71. The van der Waals surface area contributed by atoms with Crippen LogP contribution in [-0.4, -0.2) is 22.3 Å². The molecule has 1 heterocycles. The van der Waals surface area contributed by atoms with Gasteiger partial charge in [-0.05, 0) is 37.3 Å². The zero-order valence-electron chi connectivity index (χ0n) is 9.91. The Balaban J connectivity index is 2.41. The van der Waals surface area contributed by atoms with E-state index in [1.807, 2.05) is 13.2 Å². The molecule has 0 fully saturated rings. The van der Waals surface area contributed by atoms with Crippen LogP contribution in [0.2, 0.25) is 0 Å². The molecule has 0 bridgehead atoms. The molecule has 0 spiro atoms. The van der Waals surface area contributed by atoms with E-state index in [2.05, 4.69) is 23.2 Å². The van der Waals surface area contributed by atoms with E-state index >= 15 is 0 Å². The van der Waals surface area contributed by atoms with Crippen molar-refractivity contribution in [3.8, 4) is 0 Å². The molecule has 2 rings (SSSR count). The van der Waals surface area contributed by atoms with Crippen LogP contribution in [0.5, 0.6) is 0 Å². The molecule has 1 aromatic heterocycles. The van der Waals surface area contributed by atoms with Crippen molar-refractivity contribution in [1.82, 2.24) is 4.98 Å². The molecule has 0 aliphatic rings. The molecule has 1 aromatic carbocycles. The summed E-state index contributed by atoms with van der Waals surface area (Å²) in [4.78, 5) is 15.2. The number of carbonyl (C=O) groups is 1. The fourth-order valence-electron chi connectivity index (χ4n) is 2.05. The average Bonchev–Trinajstić information content (AvgIpc) is 2.60. The first kappa shape index (κ1) is 12.0. The second-order valence-electron chi connectivity index (χ2n) is 4.03. The maximum atomic E-state index is 10.6. The Labute approximate surface area is 104 Å². The van der Waals surface area contributed by atoms with E-state index in [1.54, 1.807) is 11.8 Å². The van der Waals surface area contributed by atoms with Crippen LogP contribution in [0.1, 0.15) is 17.7 Å². The van der Waals surface area contributed by atoms with Crippen LogP contribution in [0.3, 0.4) is 0 Å². The lowest BCUT2D eigenvalue weighted by Crippen LogP contribution is -1.97. The summed E-state index contributed by atoms with van der Waals surface area (Å²) in [5.74, 6) is -0.750. The van der Waals surface area contributed by atoms with Gasteiger partial charge < -0.3 is 10.1 Å². The Morgan fingerprint density at radius 2 is 2.24 bits per heavy atom. The first-order chi connectivity index (χ1) is 8.11. The van der Waals surface area contributed by atoms with Gasteiger partial charge in [0.15, 0.2) is 0 Å². The Morgan fingerprint density at radius 3 is 2.88 bits per heavy atom. The zero-order valence-corrected chi connectivity index (χ0v) is 10.7. The number of thioether (sulfide) groups is 1. The number of aryl methyl sites for hydroxylation is 2. The van der Waals surface area contributed by atoms with E-state index < -0.39 is 5.97 Å². The molecule has 0 saturated heterocycles. The van der Waals surface area contributed by atoms with E-state index in [9.17, 15) is 4.79 Å². The van der Waals surface area contributed by atoms with Gasteiger partial charge >= 0.3 is 5.97 Å². The number of carboxylic acids is 1. The van der Waals surface area contributed by atoms with E-state index in [0.717, 1.165) is 22.2 Å². The molecule has 90 valence electrons. The van der Waals surface area contributed by atoms with Gasteiger partial charge in [-0.1, -0.05) is 6.07 Å². The molecular weight excluding hydrogens is 234 g/mol. The van der Waals surface area contributed by atoms with Gasteiger partial charge in [0.2, 0.25) is 0 Å². The Morgan fingerprint density at radius 1 is 1.47 bits per heavy atom. The minimum Gasteiger partial charge on any atom is -0.481 e. The molecule has 17 heavy (non-hydrogen) atoms. The normalized spacial score (nSPS) is 10.9. The van der Waals surface area contributed by atoms with E-state index in [4.69, 9.17) is 5.11 Å². The monoisotopic (exact) mass is 249 g/mol. The van der Waals surface area contributed by atoms with Crippen molar-refractivity contribution < 1.29 is 9.90 Å². The number of H-pyrrole nitrogens is 1. The highest BCUT2D eigenvalue weighted by Gasteiger charge is 2.10. The molecule has 0 atom stereocenters. The number of hydrogen-bond donors (Lipinski definition) is 2. The van der Waals surface area contributed by atoms with Crippen LogP contribution < -0.4 is 0 Å². The van der Waals surface area contributed by atoms with Gasteiger partial charge in [0.1, 0.15) is 0 Å². The number of aliphatic carboxylic acids is 1. The van der Waals surface area contributed by atoms with Crippen molar-refractivity contribution in [2.75, 3.05) is 6.26 Å². The number of carboxylic acid groups (broad SMARTS) is 1. The number of nitrogens with one attached hydrogen (secondary N) is 1. The van der Waals surface area contributed by atoms with Gasteiger partial charge in [-0.3, -0.25) is 4.79 Å². The first-order valence-electron chi connectivity index (χ1n) is 5.49. The minimum atomic E-state index is -0.750. The number of aromatic nitrogens is 1. The Hall–Kier alpha value is -1.42. The summed E-state index contributed by atoms with van der Waals surface area (Å²) in [6, 6.07) is 6.25. The zero-order chi connectivity index (χ0) is 12.4. The molecule has 3 nitrogen and oxygen atoms in total. The number of benzene rings is 1. The minimum absolute atomic E-state index is 0.179. The third-order valence-electron chi connectivity index (χ3n) is 2.92. The molecule has 2 aromatic rings. The summed E-state index contributed by atoms with van der Waals surface area (Å²) >= 11 is 1.70. The Bertz CT molecular complexity index is 560. The molecule has 0 amide bonds. The molecule has 2 N–H and O–H groups in total. The maximum absolute atomic E-state index is 10.6. The number of fused-ring (bicyclic) bond motifs is 1. The van der Waals surface area contributed by atoms with Gasteiger partial charge in [-0.2, -0.15) is 0 Å². The van der Waals surface area contributed by atoms with Gasteiger partial charge in [0, 0.05) is 27.9 Å². The second kappa shape index (κ2) is 4.84. The molecule has 0 radical (unpaired) electrons. The lowest BCUT2D eigenvalue weighted by molar-refractivity contribution is -0.136. The highest BCUT2D eigenvalue weighted by molar-refractivity contribution is 7.98. The standard InChI is InChI=1S/C13H15NO2S/c1-8-10(5-6-13(15)16)11-4-3-9(17-2)7-12(11)14-8/h3-4,7,14H,5-6H2,1-2H3,(H,15,16). The topological polar surface area (TPSA) is 53.1 Å². The maximum Gasteiger partial charge on any atom is 0.303 e. The average molecular weight is 249 g/mol. The SMILES string of the molecule is CSc1ccc2c(CCC(=O)O)c(C)[nH]c2c1. The summed E-state index contributed by atoms with van der Waals surface area (Å²) < 4.78 is 0. The fraction of sp³-hybridized carbons (Fsp3) is 0.308. The highest BCUT2D eigenvalue weighted by atomic mass is 32.2. The lowest BCUT2D eigenvalue weighted by Gasteiger charge is -1.99. The summed E-state index contributed by atoms with van der Waals surface area (Å²) in [7, 11) is 0. The van der Waals surface area contributed by atoms with Crippen molar-refractivity contribution >= 4 is 28.6 Å². The van der Waals surface area contributed by atoms with Crippen LogP contribution in [0, 0.1) is 6.92 Å². The summed E-state index contributed by atoms with van der Waals surface area (Å²) in [5, 5.41) is 9.88. The quantitative estimate of drug-likeness (QED) is 0.818. The van der Waals surface area contributed by atoms with E-state index in [-0.39, 0.29) is 6.42 Å². The van der Waals surface area contributed by atoms with E-state index in [1.165, 1.54) is 4.90 Å². The van der Waals surface area contributed by atoms with Gasteiger partial charge in [0.05, 0.1) is 0 Å². The summed E-state index contributed by atoms with van der Waals surface area (Å²) in [5.41, 5.74) is 3.28. The lowest BCUT2D eigenvalue weighted by atomic mass is 10.1. The van der Waals surface area contributed by atoms with Crippen molar-refractivity contribution in [3.05, 3.63) is 29.5 Å². The smallest absolute Gasteiger partial charge is 0.303 e. The van der Waals surface area contributed by atoms with Crippen LogP contribution in [0.25, 0.3) is 10.9 Å². The predicted molar refractivity (Wildman–Crippen MR) is 70.8 cm³/mol. The summed E-state index contributed by atoms with van der Waals surface area (Å²) in [6.07, 6.45) is 2.81. The Kier molecular flexibility index (Phi) is 3.43. The van der Waals surface area contributed by atoms with Crippen LogP contribution in [0.4, 0.5) is 0 Å².